The van der Waals surface area contributed by atoms with Crippen molar-refractivity contribution in [1.29, 1.82) is 5.26 Å². The normalized spacial score (nSPS) is 11.8. The van der Waals surface area contributed by atoms with E-state index < -0.39 is 17.8 Å². The molecular weight excluding hydrogens is 211 g/mol. The van der Waals surface area contributed by atoms with Crippen LogP contribution in [0.1, 0.15) is 18.1 Å². The molecule has 0 amide bonds. The molecule has 2 N–H and O–H groups in total. The second-order valence-corrected chi connectivity index (χ2v) is 3.35. The Hall–Kier alpha value is -1.93. The van der Waals surface area contributed by atoms with E-state index in [4.69, 9.17) is 10.4 Å². The molecule has 0 unspecified atom stereocenters. The Bertz CT molecular complexity index is 440. The molecule has 1 atom stereocenters. The number of hydrogen-bond acceptors (Lipinski definition) is 3. The first-order chi connectivity index (χ1) is 7.54. The average molecular weight is 222 g/mol. The molecule has 0 aliphatic heterocycles. The maximum Gasteiger partial charge on any atom is 0.320 e. The first kappa shape index (κ1) is 12.1. The molecule has 0 radical (unpaired) electrons. The number of rotatable bonds is 4. The van der Waals surface area contributed by atoms with Gasteiger partial charge in [-0.1, -0.05) is 0 Å². The van der Waals surface area contributed by atoms with Crippen LogP contribution in [0.5, 0.6) is 0 Å². The van der Waals surface area contributed by atoms with Gasteiger partial charge in [-0.3, -0.25) is 4.79 Å². The van der Waals surface area contributed by atoms with E-state index in [1.54, 1.807) is 0 Å². The number of nitrogens with zero attached hydrogens (tertiary/aromatic N) is 1. The molecule has 1 aromatic carbocycles. The van der Waals surface area contributed by atoms with E-state index in [9.17, 15) is 9.18 Å². The van der Waals surface area contributed by atoms with E-state index in [-0.39, 0.29) is 6.54 Å². The monoisotopic (exact) mass is 222 g/mol. The summed E-state index contributed by atoms with van der Waals surface area (Å²) in [5.74, 6) is -1.44. The molecule has 4 nitrogen and oxygen atoms in total. The molecule has 1 aromatic rings. The highest BCUT2D eigenvalue weighted by Crippen LogP contribution is 2.10. The molecule has 0 saturated heterocycles. The van der Waals surface area contributed by atoms with E-state index in [0.29, 0.717) is 11.1 Å². The van der Waals surface area contributed by atoms with E-state index in [1.807, 2.05) is 6.07 Å². The van der Waals surface area contributed by atoms with E-state index >= 15 is 0 Å². The van der Waals surface area contributed by atoms with Crippen LogP contribution in [0, 0.1) is 17.1 Å². The Morgan fingerprint density at radius 1 is 1.69 bits per heavy atom. The number of halogens is 1. The van der Waals surface area contributed by atoms with Crippen molar-refractivity contribution in [3.05, 3.63) is 35.1 Å². The van der Waals surface area contributed by atoms with Gasteiger partial charge in [0, 0.05) is 6.54 Å². The Kier molecular flexibility index (Phi) is 3.97. The summed E-state index contributed by atoms with van der Waals surface area (Å²) in [7, 11) is 0. The van der Waals surface area contributed by atoms with Crippen LogP contribution in [0.25, 0.3) is 0 Å². The van der Waals surface area contributed by atoms with Crippen LogP contribution in [0.2, 0.25) is 0 Å². The van der Waals surface area contributed by atoms with Gasteiger partial charge in [-0.25, -0.2) is 4.39 Å². The minimum atomic E-state index is -0.991. The lowest BCUT2D eigenvalue weighted by Crippen LogP contribution is -2.33. The first-order valence-electron chi connectivity index (χ1n) is 4.69. The zero-order valence-corrected chi connectivity index (χ0v) is 8.70. The van der Waals surface area contributed by atoms with Gasteiger partial charge in [0.15, 0.2) is 0 Å². The molecule has 5 heteroatoms. The predicted octanol–water partition coefficient (Wildman–Crippen LogP) is 1.26. The molecule has 0 aliphatic rings. The summed E-state index contributed by atoms with van der Waals surface area (Å²) in [5.41, 5.74) is 0.794. The Morgan fingerprint density at radius 3 is 2.94 bits per heavy atom. The number of carboxylic acids is 1. The minimum Gasteiger partial charge on any atom is -0.480 e. The summed E-state index contributed by atoms with van der Waals surface area (Å²) in [6.45, 7) is 1.63. The van der Waals surface area contributed by atoms with Crippen LogP contribution in [-0.2, 0) is 11.3 Å². The number of hydrogen-bond donors (Lipinski definition) is 2. The number of benzene rings is 1. The van der Waals surface area contributed by atoms with Gasteiger partial charge < -0.3 is 10.4 Å². The standard InChI is InChI=1S/C11H11FN2O2/c1-7(11(15)16)14-6-9-4-10(12)3-2-8(9)5-13/h2-4,7,14H,6H2,1H3,(H,15,16)/t7-/m0/s1. The molecule has 0 bridgehead atoms. The van der Waals surface area contributed by atoms with Gasteiger partial charge in [0.1, 0.15) is 11.9 Å². The number of carboxylic acid groups (broad SMARTS) is 1. The molecule has 0 spiro atoms. The fourth-order valence-corrected chi connectivity index (χ4v) is 1.17. The molecule has 0 aromatic heterocycles. The molecule has 1 rings (SSSR count). The van der Waals surface area contributed by atoms with E-state index in [2.05, 4.69) is 5.32 Å². The highest BCUT2D eigenvalue weighted by Gasteiger charge is 2.11. The third-order valence-corrected chi connectivity index (χ3v) is 2.16. The van der Waals surface area contributed by atoms with Crippen molar-refractivity contribution >= 4 is 5.97 Å². The number of aliphatic carboxylic acids is 1. The highest BCUT2D eigenvalue weighted by atomic mass is 19.1. The predicted molar refractivity (Wildman–Crippen MR) is 55.1 cm³/mol. The van der Waals surface area contributed by atoms with E-state index in [1.165, 1.54) is 25.1 Å². The van der Waals surface area contributed by atoms with Gasteiger partial charge in [0.2, 0.25) is 0 Å². The largest absolute Gasteiger partial charge is 0.480 e. The van der Waals surface area contributed by atoms with Gasteiger partial charge in [-0.05, 0) is 30.7 Å². The topological polar surface area (TPSA) is 73.1 Å². The molecule has 0 aliphatic carbocycles. The second-order valence-electron chi connectivity index (χ2n) is 3.35. The summed E-state index contributed by atoms with van der Waals surface area (Å²) in [5, 5.41) is 20.1. The summed E-state index contributed by atoms with van der Waals surface area (Å²) >= 11 is 0. The SMILES string of the molecule is C[C@H](NCc1cc(F)ccc1C#N)C(=O)O. The third kappa shape index (κ3) is 3.04. The Balaban J connectivity index is 2.77. The van der Waals surface area contributed by atoms with Crippen LogP contribution in [0.4, 0.5) is 4.39 Å². The molecule has 0 fully saturated rings. The maximum absolute atomic E-state index is 12.9. The summed E-state index contributed by atoms with van der Waals surface area (Å²) < 4.78 is 12.9. The van der Waals surface area contributed by atoms with Crippen molar-refractivity contribution in [2.75, 3.05) is 0 Å². The van der Waals surface area contributed by atoms with Crippen LogP contribution in [0.3, 0.4) is 0 Å². The van der Waals surface area contributed by atoms with Crippen molar-refractivity contribution in [3.8, 4) is 6.07 Å². The summed E-state index contributed by atoms with van der Waals surface area (Å²) in [6.07, 6.45) is 0. The Morgan fingerprint density at radius 2 is 2.38 bits per heavy atom. The lowest BCUT2D eigenvalue weighted by Gasteiger charge is -2.10. The van der Waals surface area contributed by atoms with Crippen molar-refractivity contribution in [2.45, 2.75) is 19.5 Å². The number of nitrogens with one attached hydrogen (secondary N) is 1. The van der Waals surface area contributed by atoms with E-state index in [0.717, 1.165) is 0 Å². The van der Waals surface area contributed by atoms with Crippen LogP contribution >= 0.6 is 0 Å². The van der Waals surface area contributed by atoms with Gasteiger partial charge >= 0.3 is 5.97 Å². The van der Waals surface area contributed by atoms with Crippen molar-refractivity contribution in [2.24, 2.45) is 0 Å². The molecule has 0 saturated carbocycles. The fourth-order valence-electron chi connectivity index (χ4n) is 1.17. The zero-order chi connectivity index (χ0) is 12.1. The second kappa shape index (κ2) is 5.24. The minimum absolute atomic E-state index is 0.147. The number of carbonyl (C=O) groups is 1. The van der Waals surface area contributed by atoms with Gasteiger partial charge in [-0.15, -0.1) is 0 Å². The van der Waals surface area contributed by atoms with Crippen LogP contribution < -0.4 is 5.32 Å². The third-order valence-electron chi connectivity index (χ3n) is 2.16. The van der Waals surface area contributed by atoms with Gasteiger partial charge in [0.25, 0.3) is 0 Å². The smallest absolute Gasteiger partial charge is 0.320 e. The fraction of sp³-hybridized carbons (Fsp3) is 0.273. The molecule has 84 valence electrons. The van der Waals surface area contributed by atoms with Gasteiger partial charge in [0.05, 0.1) is 11.6 Å². The first-order valence-corrected chi connectivity index (χ1v) is 4.69. The van der Waals surface area contributed by atoms with Crippen LogP contribution in [-0.4, -0.2) is 17.1 Å². The van der Waals surface area contributed by atoms with Crippen molar-refractivity contribution in [1.82, 2.24) is 5.32 Å². The van der Waals surface area contributed by atoms with Gasteiger partial charge in [-0.2, -0.15) is 5.26 Å². The quantitative estimate of drug-likeness (QED) is 0.804. The lowest BCUT2D eigenvalue weighted by atomic mass is 10.1. The van der Waals surface area contributed by atoms with Crippen LogP contribution in [0.15, 0.2) is 18.2 Å². The highest BCUT2D eigenvalue weighted by molar-refractivity contribution is 5.72. The maximum atomic E-state index is 12.9. The molecular formula is C11H11FN2O2. The van der Waals surface area contributed by atoms with Crippen molar-refractivity contribution in [3.63, 3.8) is 0 Å². The van der Waals surface area contributed by atoms with Crippen molar-refractivity contribution < 1.29 is 14.3 Å². The number of nitriles is 1. The summed E-state index contributed by atoms with van der Waals surface area (Å²) in [6, 6.07) is 4.97. The Labute approximate surface area is 92.3 Å². The summed E-state index contributed by atoms with van der Waals surface area (Å²) in [4.78, 5) is 10.5. The molecule has 16 heavy (non-hydrogen) atoms. The molecule has 0 heterocycles. The average Bonchev–Trinajstić information content (AvgIpc) is 2.25. The lowest BCUT2D eigenvalue weighted by molar-refractivity contribution is -0.139. The zero-order valence-electron chi connectivity index (χ0n) is 8.70.